The lowest BCUT2D eigenvalue weighted by Gasteiger charge is -2.24. The van der Waals surface area contributed by atoms with Gasteiger partial charge in [0.05, 0.1) is 23.4 Å². The summed E-state index contributed by atoms with van der Waals surface area (Å²) in [5.74, 6) is 2.20. The van der Waals surface area contributed by atoms with E-state index in [-0.39, 0.29) is 12.6 Å². The van der Waals surface area contributed by atoms with Crippen LogP contribution in [0.3, 0.4) is 0 Å². The number of hydrogen-bond acceptors (Lipinski definition) is 7. The van der Waals surface area contributed by atoms with Crippen LogP contribution in [-0.2, 0) is 6.42 Å². The molecule has 6 nitrogen and oxygen atoms in total. The van der Waals surface area contributed by atoms with Gasteiger partial charge in [-0.3, -0.25) is 0 Å². The normalized spacial score (nSPS) is 17.7. The highest BCUT2D eigenvalue weighted by Gasteiger charge is 2.25. The van der Waals surface area contributed by atoms with Crippen molar-refractivity contribution < 1.29 is 5.11 Å². The molecule has 1 atom stereocenters. The Kier molecular flexibility index (Phi) is 5.63. The summed E-state index contributed by atoms with van der Waals surface area (Å²) in [6.07, 6.45) is 4.58. The maximum absolute atomic E-state index is 9.47. The van der Waals surface area contributed by atoms with Crippen molar-refractivity contribution in [3.63, 3.8) is 0 Å². The smallest absolute Gasteiger partial charge is 0.134 e. The maximum atomic E-state index is 9.47. The minimum atomic E-state index is 0.175. The van der Waals surface area contributed by atoms with Crippen molar-refractivity contribution in [2.45, 2.75) is 45.1 Å². The van der Waals surface area contributed by atoms with Gasteiger partial charge < -0.3 is 15.3 Å². The molecule has 3 rings (SSSR count). The minimum absolute atomic E-state index is 0.175. The monoisotopic (exact) mass is 347 g/mol. The van der Waals surface area contributed by atoms with E-state index in [1.54, 1.807) is 17.7 Å². The first kappa shape index (κ1) is 17.1. The molecule has 2 aromatic rings. The van der Waals surface area contributed by atoms with Crippen molar-refractivity contribution in [3.8, 4) is 0 Å². The Morgan fingerprint density at radius 1 is 1.42 bits per heavy atom. The lowest BCUT2D eigenvalue weighted by molar-refractivity contribution is 0.266. The molecule has 0 bridgehead atoms. The fraction of sp³-hybridized carbons (Fsp3) is 0.588. The van der Waals surface area contributed by atoms with E-state index >= 15 is 0 Å². The molecule has 1 aliphatic rings. The highest BCUT2D eigenvalue weighted by molar-refractivity contribution is 7.09. The van der Waals surface area contributed by atoms with Gasteiger partial charge in [0.25, 0.3) is 0 Å². The molecule has 2 N–H and O–H groups in total. The largest absolute Gasteiger partial charge is 0.394 e. The summed E-state index contributed by atoms with van der Waals surface area (Å²) < 4.78 is 0. The molecule has 3 heterocycles. The second-order valence-corrected chi connectivity index (χ2v) is 7.33. The molecule has 1 fully saturated rings. The van der Waals surface area contributed by atoms with Crippen LogP contribution in [0.1, 0.15) is 43.3 Å². The molecule has 1 saturated heterocycles. The van der Waals surface area contributed by atoms with Crippen LogP contribution < -0.4 is 10.2 Å². The highest BCUT2D eigenvalue weighted by Crippen LogP contribution is 2.24. The molecule has 1 unspecified atom stereocenters. The van der Waals surface area contributed by atoms with Gasteiger partial charge in [-0.05, 0) is 12.8 Å². The van der Waals surface area contributed by atoms with E-state index in [2.05, 4.69) is 44.4 Å². The summed E-state index contributed by atoms with van der Waals surface area (Å²) in [6, 6.07) is 2.14. The van der Waals surface area contributed by atoms with E-state index in [0.29, 0.717) is 5.92 Å². The topological polar surface area (TPSA) is 74.2 Å². The Morgan fingerprint density at radius 2 is 2.29 bits per heavy atom. The lowest BCUT2D eigenvalue weighted by atomic mass is 10.2. The Bertz CT molecular complexity index is 660. The molecule has 0 aromatic carbocycles. The Hall–Kier alpha value is -1.73. The number of nitrogens with one attached hydrogen (secondary N) is 1. The van der Waals surface area contributed by atoms with E-state index in [4.69, 9.17) is 0 Å². The molecule has 130 valence electrons. The molecule has 7 heteroatoms. The Labute approximate surface area is 147 Å². The first-order valence-electron chi connectivity index (χ1n) is 8.55. The zero-order valence-corrected chi connectivity index (χ0v) is 15.1. The molecule has 0 saturated carbocycles. The molecule has 1 aliphatic heterocycles. The van der Waals surface area contributed by atoms with E-state index in [0.717, 1.165) is 49.7 Å². The predicted octanol–water partition coefficient (Wildman–Crippen LogP) is 2.67. The summed E-state index contributed by atoms with van der Waals surface area (Å²) in [5.41, 5.74) is 1.13. The van der Waals surface area contributed by atoms with Crippen LogP contribution in [0, 0.1) is 0 Å². The summed E-state index contributed by atoms with van der Waals surface area (Å²) >= 11 is 1.73. The number of hydrogen-bond donors (Lipinski definition) is 2. The summed E-state index contributed by atoms with van der Waals surface area (Å²) in [5, 5.41) is 16.2. The van der Waals surface area contributed by atoms with Crippen molar-refractivity contribution >= 4 is 23.0 Å². The maximum Gasteiger partial charge on any atom is 0.134 e. The zero-order chi connectivity index (χ0) is 16.9. The molecular weight excluding hydrogens is 322 g/mol. The van der Waals surface area contributed by atoms with Gasteiger partial charge in [-0.25, -0.2) is 15.0 Å². The second kappa shape index (κ2) is 7.90. The van der Waals surface area contributed by atoms with E-state index in [9.17, 15) is 5.11 Å². The van der Waals surface area contributed by atoms with Crippen LogP contribution in [-0.4, -0.2) is 45.8 Å². The van der Waals surface area contributed by atoms with Crippen LogP contribution in [0.15, 0.2) is 17.8 Å². The zero-order valence-electron chi connectivity index (χ0n) is 14.3. The van der Waals surface area contributed by atoms with Crippen LogP contribution in [0.4, 0.5) is 11.6 Å². The van der Waals surface area contributed by atoms with Gasteiger partial charge in [-0.2, -0.15) is 0 Å². The number of nitrogens with zero attached hydrogens (tertiary/aromatic N) is 4. The van der Waals surface area contributed by atoms with Gasteiger partial charge in [0.1, 0.15) is 18.0 Å². The van der Waals surface area contributed by atoms with Crippen molar-refractivity contribution in [1.29, 1.82) is 0 Å². The molecule has 0 aliphatic carbocycles. The van der Waals surface area contributed by atoms with E-state index in [1.807, 2.05) is 6.07 Å². The first-order valence-corrected chi connectivity index (χ1v) is 9.43. The summed E-state index contributed by atoms with van der Waals surface area (Å²) in [7, 11) is 0. The van der Waals surface area contributed by atoms with Gasteiger partial charge in [-0.15, -0.1) is 11.3 Å². The SMILES string of the molecule is CC(C)c1nc(CCNc2cc(N3CCCC3CO)ncn2)cs1. The quantitative estimate of drug-likeness (QED) is 0.802. The Balaban J connectivity index is 1.56. The first-order chi connectivity index (χ1) is 11.7. The third kappa shape index (κ3) is 4.02. The van der Waals surface area contributed by atoms with Gasteiger partial charge in [-0.1, -0.05) is 13.8 Å². The van der Waals surface area contributed by atoms with Crippen LogP contribution in [0.2, 0.25) is 0 Å². The number of thiazole rings is 1. The van der Waals surface area contributed by atoms with E-state index < -0.39 is 0 Å². The average molecular weight is 347 g/mol. The Morgan fingerprint density at radius 3 is 3.04 bits per heavy atom. The van der Waals surface area contributed by atoms with Gasteiger partial charge in [0.2, 0.25) is 0 Å². The second-order valence-electron chi connectivity index (χ2n) is 6.44. The van der Waals surface area contributed by atoms with Crippen molar-refractivity contribution in [2.75, 3.05) is 29.9 Å². The number of aromatic nitrogens is 3. The van der Waals surface area contributed by atoms with Gasteiger partial charge in [0, 0.05) is 36.9 Å². The molecular formula is C17H25N5OS. The number of anilines is 2. The van der Waals surface area contributed by atoms with Crippen LogP contribution in [0.5, 0.6) is 0 Å². The lowest BCUT2D eigenvalue weighted by Crippen LogP contribution is -2.32. The fourth-order valence-corrected chi connectivity index (χ4v) is 3.82. The minimum Gasteiger partial charge on any atom is -0.394 e. The average Bonchev–Trinajstić information content (AvgIpc) is 3.24. The van der Waals surface area contributed by atoms with Gasteiger partial charge in [0.15, 0.2) is 0 Å². The molecule has 0 spiro atoms. The van der Waals surface area contributed by atoms with Gasteiger partial charge >= 0.3 is 0 Å². The van der Waals surface area contributed by atoms with Crippen molar-refractivity contribution in [3.05, 3.63) is 28.5 Å². The van der Waals surface area contributed by atoms with Crippen molar-refractivity contribution in [1.82, 2.24) is 15.0 Å². The number of rotatable bonds is 7. The molecule has 24 heavy (non-hydrogen) atoms. The number of aliphatic hydroxyl groups is 1. The molecule has 0 amide bonds. The standard InChI is InChI=1S/C17H25N5OS/c1-12(2)17-21-13(10-24-17)5-6-18-15-8-16(20-11-19-15)22-7-3-4-14(22)9-23/h8,10-12,14,23H,3-7,9H2,1-2H3,(H,18,19,20). The van der Waals surface area contributed by atoms with Crippen LogP contribution >= 0.6 is 11.3 Å². The predicted molar refractivity (Wildman–Crippen MR) is 97.9 cm³/mol. The van der Waals surface area contributed by atoms with Crippen LogP contribution in [0.25, 0.3) is 0 Å². The summed E-state index contributed by atoms with van der Waals surface area (Å²) in [4.78, 5) is 15.5. The summed E-state index contributed by atoms with van der Waals surface area (Å²) in [6.45, 7) is 6.25. The third-order valence-electron chi connectivity index (χ3n) is 4.29. The third-order valence-corrected chi connectivity index (χ3v) is 5.48. The van der Waals surface area contributed by atoms with Crippen molar-refractivity contribution in [2.24, 2.45) is 0 Å². The van der Waals surface area contributed by atoms with E-state index in [1.165, 1.54) is 5.01 Å². The highest BCUT2D eigenvalue weighted by atomic mass is 32.1. The number of aliphatic hydroxyl groups excluding tert-OH is 1. The fourth-order valence-electron chi connectivity index (χ4n) is 2.95. The molecule has 0 radical (unpaired) electrons. The molecule has 2 aromatic heterocycles.